The summed E-state index contributed by atoms with van der Waals surface area (Å²) in [5.41, 5.74) is 0.260. The molecule has 1 atom stereocenters. The standard InChI is InChI=1S/C12H18ClN3O3/c1-18-6-4-16-12(17)11(13)10(7-14-16)15-9-3-2-5-19-8-9/h7,9,15H,2-6,8H2,1H3. The molecule has 1 fully saturated rings. The van der Waals surface area contributed by atoms with E-state index in [1.54, 1.807) is 13.3 Å². The minimum absolute atomic E-state index is 0.164. The average Bonchev–Trinajstić information content (AvgIpc) is 2.44. The monoisotopic (exact) mass is 287 g/mol. The molecule has 6 nitrogen and oxygen atoms in total. The molecule has 0 aromatic carbocycles. The molecular formula is C12H18ClN3O3. The molecule has 1 aromatic heterocycles. The molecule has 0 amide bonds. The highest BCUT2D eigenvalue weighted by Gasteiger charge is 2.16. The zero-order valence-corrected chi connectivity index (χ0v) is 11.7. The van der Waals surface area contributed by atoms with Gasteiger partial charge in [-0.1, -0.05) is 11.6 Å². The number of hydrogen-bond acceptors (Lipinski definition) is 5. The van der Waals surface area contributed by atoms with Gasteiger partial charge in [0, 0.05) is 19.8 Å². The second-order valence-corrected chi connectivity index (χ2v) is 4.83. The van der Waals surface area contributed by atoms with Crippen LogP contribution in [-0.4, -0.2) is 42.8 Å². The van der Waals surface area contributed by atoms with Crippen molar-refractivity contribution < 1.29 is 9.47 Å². The van der Waals surface area contributed by atoms with Gasteiger partial charge in [-0.3, -0.25) is 4.79 Å². The Labute approximate surface area is 116 Å². The van der Waals surface area contributed by atoms with Gasteiger partial charge in [-0.2, -0.15) is 5.10 Å². The largest absolute Gasteiger partial charge is 0.383 e. The van der Waals surface area contributed by atoms with Gasteiger partial charge in [0.2, 0.25) is 0 Å². The van der Waals surface area contributed by atoms with Crippen LogP contribution in [-0.2, 0) is 16.0 Å². The van der Waals surface area contributed by atoms with Gasteiger partial charge in [-0.15, -0.1) is 0 Å². The molecule has 19 heavy (non-hydrogen) atoms. The number of rotatable bonds is 5. The number of nitrogens with zero attached hydrogens (tertiary/aromatic N) is 2. The van der Waals surface area contributed by atoms with Crippen LogP contribution in [0.3, 0.4) is 0 Å². The van der Waals surface area contributed by atoms with Gasteiger partial charge < -0.3 is 14.8 Å². The molecule has 0 radical (unpaired) electrons. The molecule has 7 heteroatoms. The van der Waals surface area contributed by atoms with Crippen molar-refractivity contribution in [2.75, 3.05) is 32.2 Å². The molecule has 1 saturated heterocycles. The first-order chi connectivity index (χ1) is 9.22. The summed E-state index contributed by atoms with van der Waals surface area (Å²) >= 11 is 6.08. The molecule has 1 aromatic rings. The average molecular weight is 288 g/mol. The van der Waals surface area contributed by atoms with Gasteiger partial charge in [-0.25, -0.2) is 4.68 Å². The Kier molecular flexibility index (Phi) is 5.18. The van der Waals surface area contributed by atoms with Crippen LogP contribution in [0.1, 0.15) is 12.8 Å². The summed E-state index contributed by atoms with van der Waals surface area (Å²) in [7, 11) is 1.58. The van der Waals surface area contributed by atoms with Crippen molar-refractivity contribution in [1.82, 2.24) is 9.78 Å². The number of halogens is 1. The first-order valence-electron chi connectivity index (χ1n) is 6.31. The van der Waals surface area contributed by atoms with Crippen molar-refractivity contribution in [2.45, 2.75) is 25.4 Å². The van der Waals surface area contributed by atoms with Gasteiger partial charge >= 0.3 is 0 Å². The lowest BCUT2D eigenvalue weighted by Gasteiger charge is -2.24. The molecule has 0 aliphatic carbocycles. The van der Waals surface area contributed by atoms with E-state index in [0.717, 1.165) is 19.4 Å². The number of hydrogen-bond donors (Lipinski definition) is 1. The van der Waals surface area contributed by atoms with Crippen LogP contribution in [0.5, 0.6) is 0 Å². The van der Waals surface area contributed by atoms with Crippen molar-refractivity contribution in [2.24, 2.45) is 0 Å². The van der Waals surface area contributed by atoms with E-state index in [4.69, 9.17) is 21.1 Å². The van der Waals surface area contributed by atoms with E-state index in [9.17, 15) is 4.79 Å². The predicted octanol–water partition coefficient (Wildman–Crippen LogP) is 1.13. The van der Waals surface area contributed by atoms with E-state index in [1.165, 1.54) is 4.68 Å². The summed E-state index contributed by atoms with van der Waals surface area (Å²) in [4.78, 5) is 12.0. The molecule has 0 spiro atoms. The maximum Gasteiger partial charge on any atom is 0.287 e. The molecule has 106 valence electrons. The summed E-state index contributed by atoms with van der Waals surface area (Å²) in [5, 5.41) is 7.45. The van der Waals surface area contributed by atoms with Crippen LogP contribution >= 0.6 is 11.6 Å². The number of methoxy groups -OCH3 is 1. The fourth-order valence-corrected chi connectivity index (χ4v) is 2.18. The molecule has 0 bridgehead atoms. The fourth-order valence-electron chi connectivity index (χ4n) is 1.98. The Morgan fingerprint density at radius 3 is 3.21 bits per heavy atom. The minimum Gasteiger partial charge on any atom is -0.383 e. The topological polar surface area (TPSA) is 65.4 Å². The SMILES string of the molecule is COCCn1ncc(NC2CCCOC2)c(Cl)c1=O. The Balaban J connectivity index is 2.09. The van der Waals surface area contributed by atoms with Crippen molar-refractivity contribution in [3.05, 3.63) is 21.6 Å². The highest BCUT2D eigenvalue weighted by Crippen LogP contribution is 2.19. The van der Waals surface area contributed by atoms with Crippen LogP contribution in [0.25, 0.3) is 0 Å². The van der Waals surface area contributed by atoms with E-state index in [-0.39, 0.29) is 16.6 Å². The second-order valence-electron chi connectivity index (χ2n) is 4.45. The molecule has 1 aliphatic heterocycles. The van der Waals surface area contributed by atoms with Gasteiger partial charge in [0.15, 0.2) is 0 Å². The number of ether oxygens (including phenoxy) is 2. The van der Waals surface area contributed by atoms with Crippen LogP contribution < -0.4 is 10.9 Å². The van der Waals surface area contributed by atoms with E-state index in [2.05, 4.69) is 10.4 Å². The Morgan fingerprint density at radius 1 is 1.68 bits per heavy atom. The summed E-state index contributed by atoms with van der Waals surface area (Å²) in [6, 6.07) is 0.183. The van der Waals surface area contributed by atoms with Gasteiger partial charge in [0.05, 0.1) is 31.6 Å². The van der Waals surface area contributed by atoms with Crippen molar-refractivity contribution in [3.8, 4) is 0 Å². The molecule has 1 aliphatic rings. The molecule has 2 rings (SSSR count). The Hall–Kier alpha value is -1.11. The molecule has 2 heterocycles. The number of aromatic nitrogens is 2. The summed E-state index contributed by atoms with van der Waals surface area (Å²) in [6.45, 7) is 2.24. The van der Waals surface area contributed by atoms with E-state index >= 15 is 0 Å². The number of anilines is 1. The third kappa shape index (κ3) is 3.68. The van der Waals surface area contributed by atoms with E-state index < -0.39 is 0 Å². The molecule has 0 saturated carbocycles. The highest BCUT2D eigenvalue weighted by atomic mass is 35.5. The predicted molar refractivity (Wildman–Crippen MR) is 72.8 cm³/mol. The van der Waals surface area contributed by atoms with Crippen LogP contribution in [0.4, 0.5) is 5.69 Å². The summed E-state index contributed by atoms with van der Waals surface area (Å²) in [5.74, 6) is 0. The third-order valence-corrected chi connectivity index (χ3v) is 3.38. The zero-order valence-electron chi connectivity index (χ0n) is 10.9. The van der Waals surface area contributed by atoms with Gasteiger partial charge in [0.25, 0.3) is 5.56 Å². The van der Waals surface area contributed by atoms with Crippen LogP contribution in [0, 0.1) is 0 Å². The maximum atomic E-state index is 12.0. The first kappa shape index (κ1) is 14.3. The van der Waals surface area contributed by atoms with Crippen molar-refractivity contribution in [1.29, 1.82) is 0 Å². The highest BCUT2D eigenvalue weighted by molar-refractivity contribution is 6.32. The summed E-state index contributed by atoms with van der Waals surface area (Å²) in [6.07, 6.45) is 3.59. The van der Waals surface area contributed by atoms with Gasteiger partial charge in [0.1, 0.15) is 5.02 Å². The van der Waals surface area contributed by atoms with Crippen molar-refractivity contribution >= 4 is 17.3 Å². The minimum atomic E-state index is -0.305. The van der Waals surface area contributed by atoms with Gasteiger partial charge in [-0.05, 0) is 12.8 Å². The van der Waals surface area contributed by atoms with E-state index in [0.29, 0.717) is 25.4 Å². The Morgan fingerprint density at radius 2 is 2.53 bits per heavy atom. The first-order valence-corrected chi connectivity index (χ1v) is 6.69. The maximum absolute atomic E-state index is 12.0. The molecular weight excluding hydrogens is 270 g/mol. The lowest BCUT2D eigenvalue weighted by atomic mass is 10.1. The number of nitrogens with one attached hydrogen (secondary N) is 1. The second kappa shape index (κ2) is 6.88. The fraction of sp³-hybridized carbons (Fsp3) is 0.667. The van der Waals surface area contributed by atoms with Crippen LogP contribution in [0.15, 0.2) is 11.0 Å². The summed E-state index contributed by atoms with van der Waals surface area (Å²) < 4.78 is 11.6. The smallest absolute Gasteiger partial charge is 0.287 e. The third-order valence-electron chi connectivity index (χ3n) is 3.01. The lowest BCUT2D eigenvalue weighted by molar-refractivity contribution is 0.0876. The Bertz CT molecular complexity index is 472. The van der Waals surface area contributed by atoms with Crippen molar-refractivity contribution in [3.63, 3.8) is 0 Å². The van der Waals surface area contributed by atoms with Crippen LogP contribution in [0.2, 0.25) is 5.02 Å². The quantitative estimate of drug-likeness (QED) is 0.879. The normalized spacial score (nSPS) is 19.4. The van der Waals surface area contributed by atoms with E-state index in [1.807, 2.05) is 0 Å². The lowest BCUT2D eigenvalue weighted by Crippen LogP contribution is -2.32. The zero-order chi connectivity index (χ0) is 13.7. The molecule has 1 N–H and O–H groups in total. The molecule has 1 unspecified atom stereocenters.